The van der Waals surface area contributed by atoms with E-state index in [-0.39, 0.29) is 5.78 Å². The minimum absolute atomic E-state index is 0.0816. The topological polar surface area (TPSA) is 31.2 Å². The number of fused-ring (bicyclic) bond motifs is 1. The van der Waals surface area contributed by atoms with Gasteiger partial charge in [-0.1, -0.05) is 18.2 Å². The van der Waals surface area contributed by atoms with Crippen LogP contribution in [0.2, 0.25) is 0 Å². The molecule has 0 unspecified atom stereocenters. The summed E-state index contributed by atoms with van der Waals surface area (Å²) < 4.78 is 8.58. The molecule has 0 saturated heterocycles. The predicted octanol–water partition coefficient (Wildman–Crippen LogP) is 4.36. The summed E-state index contributed by atoms with van der Waals surface area (Å²) in [5, 5.41) is 1.01. The van der Waals surface area contributed by atoms with E-state index in [1.165, 1.54) is 0 Å². The maximum absolute atomic E-state index is 12.6. The molecule has 0 aliphatic rings. The van der Waals surface area contributed by atoms with Crippen LogP contribution in [-0.2, 0) is 6.54 Å². The van der Waals surface area contributed by atoms with Crippen molar-refractivity contribution in [3.63, 3.8) is 0 Å². The van der Waals surface area contributed by atoms with Crippen LogP contribution >= 0.6 is 0 Å². The molecule has 4 heteroatoms. The highest BCUT2D eigenvalue weighted by molar-refractivity contribution is 6.10. The van der Waals surface area contributed by atoms with Gasteiger partial charge in [-0.25, -0.2) is 0 Å². The number of quaternary nitrogens is 1. The minimum Gasteiger partial charge on any atom is -0.496 e. The maximum atomic E-state index is 12.6. The zero-order valence-electron chi connectivity index (χ0n) is 16.5. The second-order valence-corrected chi connectivity index (χ2v) is 7.78. The van der Waals surface area contributed by atoms with E-state index in [9.17, 15) is 4.79 Å². The van der Waals surface area contributed by atoms with Gasteiger partial charge in [0.25, 0.3) is 0 Å². The Morgan fingerprint density at radius 3 is 2.27 bits per heavy atom. The fourth-order valence-corrected chi connectivity index (χ4v) is 3.72. The minimum atomic E-state index is 0.0816. The first-order valence-electron chi connectivity index (χ1n) is 8.82. The summed E-state index contributed by atoms with van der Waals surface area (Å²) in [5.41, 5.74) is 4.94. The van der Waals surface area contributed by atoms with E-state index < -0.39 is 0 Å². The van der Waals surface area contributed by atoms with E-state index in [2.05, 4.69) is 43.9 Å². The quantitative estimate of drug-likeness (QED) is 0.505. The Morgan fingerprint density at radius 1 is 1.08 bits per heavy atom. The Balaban J connectivity index is 2.45. The standard InChI is InChI=1S/C22H27N2O2/c1-15-21(16(2)25)22-18(14-24(3,4)5)20(26-6)13-12-19(22)23(15)17-10-8-7-9-11-17/h7-13H,14H2,1-6H3/q+1. The van der Waals surface area contributed by atoms with Crippen LogP contribution in [0.1, 0.15) is 28.5 Å². The monoisotopic (exact) mass is 351 g/mol. The van der Waals surface area contributed by atoms with Crippen molar-refractivity contribution in [2.24, 2.45) is 0 Å². The molecule has 0 atom stereocenters. The molecule has 0 amide bonds. The number of ketones is 1. The molecule has 2 aromatic carbocycles. The fraction of sp³-hybridized carbons (Fsp3) is 0.318. The van der Waals surface area contributed by atoms with Crippen molar-refractivity contribution in [3.05, 3.63) is 59.3 Å². The van der Waals surface area contributed by atoms with Gasteiger partial charge < -0.3 is 13.8 Å². The van der Waals surface area contributed by atoms with Crippen LogP contribution in [0.4, 0.5) is 0 Å². The van der Waals surface area contributed by atoms with Crippen molar-refractivity contribution in [3.8, 4) is 11.4 Å². The number of hydrogen-bond donors (Lipinski definition) is 0. The number of carbonyl (C=O) groups is 1. The molecule has 0 aliphatic heterocycles. The first kappa shape index (κ1) is 18.2. The number of Topliss-reactive ketones (excluding diaryl/α,β-unsaturated/α-hetero) is 1. The number of hydrogen-bond acceptors (Lipinski definition) is 2. The van der Waals surface area contributed by atoms with E-state index in [4.69, 9.17) is 4.74 Å². The summed E-state index contributed by atoms with van der Waals surface area (Å²) in [6, 6.07) is 14.2. The summed E-state index contributed by atoms with van der Waals surface area (Å²) in [4.78, 5) is 12.6. The lowest BCUT2D eigenvalue weighted by Crippen LogP contribution is -2.33. The van der Waals surface area contributed by atoms with Gasteiger partial charge >= 0.3 is 0 Å². The Morgan fingerprint density at radius 2 is 1.73 bits per heavy atom. The molecule has 3 aromatic rings. The van der Waals surface area contributed by atoms with Gasteiger partial charge in [0.1, 0.15) is 12.3 Å². The molecule has 3 rings (SSSR count). The van der Waals surface area contributed by atoms with Crippen LogP contribution < -0.4 is 4.74 Å². The average molecular weight is 351 g/mol. The van der Waals surface area contributed by atoms with Gasteiger partial charge in [-0.2, -0.15) is 0 Å². The van der Waals surface area contributed by atoms with E-state index >= 15 is 0 Å². The van der Waals surface area contributed by atoms with Crippen LogP contribution in [-0.4, -0.2) is 43.1 Å². The number of benzene rings is 2. The lowest BCUT2D eigenvalue weighted by molar-refractivity contribution is -0.883. The van der Waals surface area contributed by atoms with Gasteiger partial charge in [0.2, 0.25) is 0 Å². The van der Waals surface area contributed by atoms with Crippen LogP contribution in [0.25, 0.3) is 16.6 Å². The normalized spacial score (nSPS) is 11.8. The molecule has 0 aliphatic carbocycles. The summed E-state index contributed by atoms with van der Waals surface area (Å²) in [6.45, 7) is 4.44. The second kappa shape index (κ2) is 6.61. The maximum Gasteiger partial charge on any atom is 0.162 e. The van der Waals surface area contributed by atoms with Crippen molar-refractivity contribution in [2.75, 3.05) is 28.3 Å². The zero-order chi connectivity index (χ0) is 19.1. The molecule has 136 valence electrons. The molecule has 26 heavy (non-hydrogen) atoms. The molecule has 0 radical (unpaired) electrons. The lowest BCUT2D eigenvalue weighted by Gasteiger charge is -2.25. The molecule has 0 spiro atoms. The highest BCUT2D eigenvalue weighted by Gasteiger charge is 2.25. The van der Waals surface area contributed by atoms with Crippen molar-refractivity contribution in [2.45, 2.75) is 20.4 Å². The number of carbonyl (C=O) groups excluding carboxylic acids is 1. The number of rotatable bonds is 5. The highest BCUT2D eigenvalue weighted by Crippen LogP contribution is 2.37. The van der Waals surface area contributed by atoms with Crippen molar-refractivity contribution < 1.29 is 14.0 Å². The number of methoxy groups -OCH3 is 1. The van der Waals surface area contributed by atoms with Gasteiger partial charge in [0.05, 0.1) is 39.3 Å². The number of para-hydroxylation sites is 1. The molecule has 4 nitrogen and oxygen atoms in total. The molecule has 0 N–H and O–H groups in total. The second-order valence-electron chi connectivity index (χ2n) is 7.78. The largest absolute Gasteiger partial charge is 0.496 e. The molecular formula is C22H27N2O2+. The van der Waals surface area contributed by atoms with E-state index in [0.717, 1.165) is 50.2 Å². The lowest BCUT2D eigenvalue weighted by atomic mass is 10.0. The molecule has 0 fully saturated rings. The smallest absolute Gasteiger partial charge is 0.162 e. The predicted molar refractivity (Wildman–Crippen MR) is 106 cm³/mol. The Bertz CT molecular complexity index is 963. The molecule has 1 heterocycles. The Kier molecular flexibility index (Phi) is 4.63. The first-order valence-corrected chi connectivity index (χ1v) is 8.82. The summed E-state index contributed by atoms with van der Waals surface area (Å²) in [7, 11) is 8.13. The SMILES string of the molecule is COc1ccc2c(c1C[N+](C)(C)C)c(C(C)=O)c(C)n2-c1ccccc1. The summed E-state index contributed by atoms with van der Waals surface area (Å²) in [6.07, 6.45) is 0. The van der Waals surface area contributed by atoms with E-state index in [0.29, 0.717) is 0 Å². The number of nitrogens with zero attached hydrogens (tertiary/aromatic N) is 2. The van der Waals surface area contributed by atoms with Crippen LogP contribution in [0.5, 0.6) is 5.75 Å². The average Bonchev–Trinajstić information content (AvgIpc) is 2.87. The van der Waals surface area contributed by atoms with Crippen LogP contribution in [0.3, 0.4) is 0 Å². The highest BCUT2D eigenvalue weighted by atomic mass is 16.5. The fourth-order valence-electron chi connectivity index (χ4n) is 3.72. The molecular weight excluding hydrogens is 324 g/mol. The van der Waals surface area contributed by atoms with Crippen molar-refractivity contribution in [1.29, 1.82) is 0 Å². The Hall–Kier alpha value is -2.59. The molecule has 0 bridgehead atoms. The molecule has 1 aromatic heterocycles. The van der Waals surface area contributed by atoms with Gasteiger partial charge in [-0.05, 0) is 38.1 Å². The number of ether oxygens (including phenoxy) is 1. The van der Waals surface area contributed by atoms with Crippen LogP contribution in [0, 0.1) is 6.92 Å². The third kappa shape index (κ3) is 3.13. The third-order valence-electron chi connectivity index (χ3n) is 4.65. The summed E-state index contributed by atoms with van der Waals surface area (Å²) in [5.74, 6) is 0.913. The Labute approximate surface area is 155 Å². The third-order valence-corrected chi connectivity index (χ3v) is 4.65. The van der Waals surface area contributed by atoms with Crippen molar-refractivity contribution in [1.82, 2.24) is 4.57 Å². The zero-order valence-corrected chi connectivity index (χ0v) is 16.5. The van der Waals surface area contributed by atoms with Crippen molar-refractivity contribution >= 4 is 16.7 Å². The van der Waals surface area contributed by atoms with Gasteiger partial charge in [-0.15, -0.1) is 0 Å². The summed E-state index contributed by atoms with van der Waals surface area (Å²) >= 11 is 0. The van der Waals surface area contributed by atoms with E-state index in [1.807, 2.05) is 31.2 Å². The van der Waals surface area contributed by atoms with Gasteiger partial charge in [0.15, 0.2) is 5.78 Å². The van der Waals surface area contributed by atoms with Gasteiger partial charge in [0, 0.05) is 22.3 Å². The number of aromatic nitrogens is 1. The molecule has 0 saturated carbocycles. The van der Waals surface area contributed by atoms with Gasteiger partial charge in [-0.3, -0.25) is 4.79 Å². The van der Waals surface area contributed by atoms with Crippen LogP contribution in [0.15, 0.2) is 42.5 Å². The first-order chi connectivity index (χ1) is 12.2. The van der Waals surface area contributed by atoms with E-state index in [1.54, 1.807) is 14.0 Å².